The monoisotopic (exact) mass is 135 g/mol. The second kappa shape index (κ2) is 10.8. The number of nitrogens with one attached hydrogen (secondary N) is 1. The first-order valence-corrected chi connectivity index (χ1v) is 2.66. The van der Waals surface area contributed by atoms with Crippen LogP contribution < -0.4 is 5.32 Å². The summed E-state index contributed by atoms with van der Waals surface area (Å²) in [7, 11) is 0. The Morgan fingerprint density at radius 2 is 1.89 bits per heavy atom. The topological polar surface area (TPSA) is 32.3 Å². The Hall–Kier alpha value is -0.0800. The normalized spacial score (nSPS) is 11.0. The van der Waals surface area contributed by atoms with Crippen molar-refractivity contribution < 1.29 is 5.11 Å². The molecule has 0 bridgehead atoms. The minimum absolute atomic E-state index is 0. The quantitative estimate of drug-likeness (QED) is 0.610. The average molecular weight is 135 g/mol. The highest BCUT2D eigenvalue weighted by molar-refractivity contribution is 4.48. The maximum Gasteiger partial charge on any atom is 0.0636 e. The Morgan fingerprint density at radius 1 is 1.44 bits per heavy atom. The van der Waals surface area contributed by atoms with E-state index in [1.165, 1.54) is 0 Å². The molecule has 0 aliphatic carbocycles. The van der Waals surface area contributed by atoms with Gasteiger partial charge >= 0.3 is 0 Å². The molecule has 0 heterocycles. The lowest BCUT2D eigenvalue weighted by molar-refractivity contribution is 0.192. The number of likely N-dealkylation sites (N-methyl/N-ethyl adjacent to an activating group) is 1. The molecule has 0 rings (SSSR count). The van der Waals surface area contributed by atoms with Gasteiger partial charge in [0.1, 0.15) is 0 Å². The number of aliphatic hydroxyl groups is 1. The Bertz CT molecular complexity index is 37.9. The summed E-state index contributed by atoms with van der Waals surface area (Å²) in [5, 5.41) is 11.6. The minimum atomic E-state index is -0.208. The second-order valence-corrected chi connectivity index (χ2v) is 1.66. The molecule has 0 radical (unpaired) electrons. The predicted octanol–water partition coefficient (Wildman–Crippen LogP) is 1.25. The van der Waals surface area contributed by atoms with Crippen LogP contribution in [0.25, 0.3) is 0 Å². The summed E-state index contributed by atoms with van der Waals surface area (Å²) in [5.41, 5.74) is 0. The molecule has 0 aliphatic heterocycles. The fourth-order valence-corrected chi connectivity index (χ4v) is 0.353. The molecule has 2 nitrogen and oxygen atoms in total. The van der Waals surface area contributed by atoms with Crippen LogP contribution in [0.4, 0.5) is 0 Å². The van der Waals surface area contributed by atoms with Gasteiger partial charge in [-0.3, -0.25) is 0 Å². The number of hydrogen-bond donors (Lipinski definition) is 2. The van der Waals surface area contributed by atoms with Gasteiger partial charge in [-0.15, -0.1) is 0 Å². The first-order valence-electron chi connectivity index (χ1n) is 2.66. The van der Waals surface area contributed by atoms with Gasteiger partial charge in [-0.25, -0.2) is 0 Å². The van der Waals surface area contributed by atoms with E-state index < -0.39 is 0 Å². The van der Waals surface area contributed by atoms with Crippen molar-refractivity contribution in [3.8, 4) is 0 Å². The lowest BCUT2D eigenvalue weighted by atomic mass is 10.4. The predicted molar refractivity (Wildman–Crippen MR) is 43.7 cm³/mol. The highest BCUT2D eigenvalue weighted by Crippen LogP contribution is 1.71. The van der Waals surface area contributed by atoms with Crippen molar-refractivity contribution >= 4 is 0 Å². The Balaban J connectivity index is -0.000000180. The molecule has 0 spiro atoms. The molecule has 2 heteroatoms. The molecule has 1 unspecified atom stereocenters. The van der Waals surface area contributed by atoms with Gasteiger partial charge in [-0.05, 0) is 13.5 Å². The third kappa shape index (κ3) is 18.1. The van der Waals surface area contributed by atoms with E-state index in [9.17, 15) is 0 Å². The molecule has 1 atom stereocenters. The zero-order valence-electron chi connectivity index (χ0n) is 4.94. The van der Waals surface area contributed by atoms with Crippen LogP contribution in [-0.4, -0.2) is 24.3 Å². The van der Waals surface area contributed by atoms with Crippen LogP contribution >= 0.6 is 0 Å². The van der Waals surface area contributed by atoms with Crippen molar-refractivity contribution in [1.29, 1.82) is 0 Å². The first-order chi connectivity index (χ1) is 3.27. The van der Waals surface area contributed by atoms with E-state index in [4.69, 9.17) is 5.11 Å². The van der Waals surface area contributed by atoms with E-state index in [1.807, 2.05) is 6.92 Å². The highest BCUT2D eigenvalue weighted by Gasteiger charge is 1.88. The van der Waals surface area contributed by atoms with E-state index >= 15 is 0 Å². The molecule has 2 N–H and O–H groups in total. The number of aliphatic hydroxyl groups excluding tert-OH is 1. The molecule has 0 saturated carbocycles. The summed E-state index contributed by atoms with van der Waals surface area (Å²) >= 11 is 0. The summed E-state index contributed by atoms with van der Waals surface area (Å²) in [6.45, 7) is 5.42. The summed E-state index contributed by atoms with van der Waals surface area (Å²) in [6.07, 6.45) is -0.208. The number of hydrogen-bond acceptors (Lipinski definition) is 2. The molecular formula is C7H21NO. The van der Waals surface area contributed by atoms with Crippen LogP contribution in [0.2, 0.25) is 0 Å². The van der Waals surface area contributed by atoms with Gasteiger partial charge in [0.2, 0.25) is 0 Å². The SMILES string of the molecule is C.C.CCNCC(C)O. The maximum atomic E-state index is 8.62. The smallest absolute Gasteiger partial charge is 0.0636 e. The van der Waals surface area contributed by atoms with Crippen LogP contribution in [0.15, 0.2) is 0 Å². The molecule has 60 valence electrons. The lowest BCUT2D eigenvalue weighted by Crippen LogP contribution is -2.23. The van der Waals surface area contributed by atoms with Gasteiger partial charge in [0.05, 0.1) is 6.10 Å². The summed E-state index contributed by atoms with van der Waals surface area (Å²) in [4.78, 5) is 0. The van der Waals surface area contributed by atoms with E-state index in [0.717, 1.165) is 6.54 Å². The zero-order valence-corrected chi connectivity index (χ0v) is 4.94. The van der Waals surface area contributed by atoms with Crippen LogP contribution in [0.1, 0.15) is 28.7 Å². The van der Waals surface area contributed by atoms with Crippen molar-refractivity contribution in [3.05, 3.63) is 0 Å². The molecule has 9 heavy (non-hydrogen) atoms. The van der Waals surface area contributed by atoms with Crippen molar-refractivity contribution in [2.45, 2.75) is 34.8 Å². The van der Waals surface area contributed by atoms with Crippen molar-refractivity contribution in [2.75, 3.05) is 13.1 Å². The molecule has 0 aromatic rings. The van der Waals surface area contributed by atoms with Gasteiger partial charge in [0, 0.05) is 6.54 Å². The molecule has 0 aromatic carbocycles. The van der Waals surface area contributed by atoms with Gasteiger partial charge in [-0.1, -0.05) is 21.8 Å². The molecule has 0 aromatic heterocycles. The second-order valence-electron chi connectivity index (χ2n) is 1.66. The molecule has 0 fully saturated rings. The third-order valence-corrected chi connectivity index (χ3v) is 0.690. The fourth-order valence-electron chi connectivity index (χ4n) is 0.353. The molecular weight excluding hydrogens is 114 g/mol. The molecule has 0 saturated heterocycles. The van der Waals surface area contributed by atoms with Crippen LogP contribution in [-0.2, 0) is 0 Å². The van der Waals surface area contributed by atoms with E-state index in [-0.39, 0.29) is 21.0 Å². The summed E-state index contributed by atoms with van der Waals surface area (Å²) in [6, 6.07) is 0. The summed E-state index contributed by atoms with van der Waals surface area (Å²) < 4.78 is 0. The Kier molecular flexibility index (Phi) is 19.2. The molecule has 0 amide bonds. The Labute approximate surface area is 59.3 Å². The summed E-state index contributed by atoms with van der Waals surface area (Å²) in [5.74, 6) is 0. The first kappa shape index (κ1) is 16.0. The van der Waals surface area contributed by atoms with Crippen LogP contribution in [0, 0.1) is 0 Å². The largest absolute Gasteiger partial charge is 0.392 e. The Morgan fingerprint density at radius 3 is 2.00 bits per heavy atom. The van der Waals surface area contributed by atoms with Crippen molar-refractivity contribution in [2.24, 2.45) is 0 Å². The van der Waals surface area contributed by atoms with Crippen molar-refractivity contribution in [1.82, 2.24) is 5.32 Å². The fraction of sp³-hybridized carbons (Fsp3) is 1.00. The van der Waals surface area contributed by atoms with Crippen LogP contribution in [0.3, 0.4) is 0 Å². The van der Waals surface area contributed by atoms with E-state index in [1.54, 1.807) is 6.92 Å². The molecule has 0 aliphatic rings. The van der Waals surface area contributed by atoms with Gasteiger partial charge in [0.25, 0.3) is 0 Å². The minimum Gasteiger partial charge on any atom is -0.392 e. The van der Waals surface area contributed by atoms with Gasteiger partial charge in [-0.2, -0.15) is 0 Å². The maximum absolute atomic E-state index is 8.62. The average Bonchev–Trinajstić information content (AvgIpc) is 1.61. The van der Waals surface area contributed by atoms with Gasteiger partial charge in [0.15, 0.2) is 0 Å². The highest BCUT2D eigenvalue weighted by atomic mass is 16.3. The van der Waals surface area contributed by atoms with Crippen molar-refractivity contribution in [3.63, 3.8) is 0 Å². The van der Waals surface area contributed by atoms with Gasteiger partial charge < -0.3 is 10.4 Å². The van der Waals surface area contributed by atoms with E-state index in [0.29, 0.717) is 6.54 Å². The third-order valence-electron chi connectivity index (χ3n) is 0.690. The van der Waals surface area contributed by atoms with E-state index in [2.05, 4.69) is 5.32 Å². The number of rotatable bonds is 3. The lowest BCUT2D eigenvalue weighted by Gasteiger charge is -2.01. The van der Waals surface area contributed by atoms with Crippen LogP contribution in [0.5, 0.6) is 0 Å². The standard InChI is InChI=1S/C5H13NO.2CH4/c1-3-6-4-5(2)7;;/h5-7H,3-4H2,1-2H3;2*1H4. The zero-order chi connectivity index (χ0) is 5.70.